The fraction of sp³-hybridized carbons (Fsp3) is 0.133. The smallest absolute Gasteiger partial charge is 0.341 e. The van der Waals surface area contributed by atoms with Gasteiger partial charge in [-0.25, -0.2) is 4.79 Å². The Morgan fingerprint density at radius 1 is 1.29 bits per heavy atom. The number of hydrogen-bond acceptors (Lipinski definition) is 5. The van der Waals surface area contributed by atoms with E-state index in [9.17, 15) is 14.4 Å². The van der Waals surface area contributed by atoms with E-state index in [1.54, 1.807) is 19.1 Å². The number of nitrogens with one attached hydrogen (secondary N) is 1. The van der Waals surface area contributed by atoms with Gasteiger partial charge in [0.2, 0.25) is 6.41 Å². The van der Waals surface area contributed by atoms with E-state index in [1.165, 1.54) is 0 Å². The largest absolute Gasteiger partial charge is 0.462 e. The second kappa shape index (κ2) is 6.81. The third-order valence-electron chi connectivity index (χ3n) is 2.77. The highest BCUT2D eigenvalue weighted by molar-refractivity contribution is 7.18. The number of ether oxygens (including phenoxy) is 1. The van der Waals surface area contributed by atoms with E-state index in [1.807, 2.05) is 18.2 Å². The fourth-order valence-electron chi connectivity index (χ4n) is 1.98. The van der Waals surface area contributed by atoms with Crippen molar-refractivity contribution in [2.45, 2.75) is 6.92 Å². The van der Waals surface area contributed by atoms with Crippen LogP contribution in [-0.2, 0) is 9.53 Å². The second-order valence-electron chi connectivity index (χ2n) is 4.01. The monoisotopic (exact) mass is 303 g/mol. The minimum Gasteiger partial charge on any atom is -0.462 e. The molecule has 0 unspecified atom stereocenters. The Hall–Kier alpha value is -2.47. The highest BCUT2D eigenvalue weighted by Gasteiger charge is 2.25. The zero-order valence-corrected chi connectivity index (χ0v) is 12.1. The predicted octanol–water partition coefficient (Wildman–Crippen LogP) is 2.97. The average Bonchev–Trinajstić information content (AvgIpc) is 2.87. The molecule has 0 spiro atoms. The zero-order valence-electron chi connectivity index (χ0n) is 11.3. The molecule has 0 aliphatic heterocycles. The Bertz CT molecular complexity index is 664. The number of hydrogen-bond donors (Lipinski definition) is 1. The summed E-state index contributed by atoms with van der Waals surface area (Å²) < 4.78 is 5.03. The molecule has 6 heteroatoms. The third-order valence-corrected chi connectivity index (χ3v) is 3.82. The molecule has 0 saturated heterocycles. The molecular weight excluding hydrogens is 290 g/mol. The summed E-state index contributed by atoms with van der Waals surface area (Å²) in [6.07, 6.45) is 1.14. The molecule has 1 aromatic heterocycles. The van der Waals surface area contributed by atoms with E-state index in [4.69, 9.17) is 4.74 Å². The maximum atomic E-state index is 12.2. The van der Waals surface area contributed by atoms with Crippen molar-refractivity contribution >= 4 is 35.0 Å². The molecule has 21 heavy (non-hydrogen) atoms. The number of rotatable bonds is 6. The molecule has 0 fully saturated rings. The van der Waals surface area contributed by atoms with Crippen molar-refractivity contribution in [3.05, 3.63) is 40.8 Å². The van der Waals surface area contributed by atoms with Gasteiger partial charge in [-0.1, -0.05) is 30.3 Å². The van der Waals surface area contributed by atoms with E-state index >= 15 is 0 Å². The first-order chi connectivity index (χ1) is 10.2. The van der Waals surface area contributed by atoms with Gasteiger partial charge >= 0.3 is 5.97 Å². The van der Waals surface area contributed by atoms with Crippen molar-refractivity contribution in [1.82, 2.24) is 0 Å². The Morgan fingerprint density at radius 3 is 2.57 bits per heavy atom. The Kier molecular flexibility index (Phi) is 4.84. The lowest BCUT2D eigenvalue weighted by Gasteiger charge is -2.07. The number of carbonyl (C=O) groups excluding carboxylic acids is 3. The van der Waals surface area contributed by atoms with Gasteiger partial charge in [-0.3, -0.25) is 9.59 Å². The van der Waals surface area contributed by atoms with Gasteiger partial charge in [0.1, 0.15) is 10.6 Å². The fourth-order valence-corrected chi connectivity index (χ4v) is 2.96. The minimum atomic E-state index is -0.565. The molecule has 1 N–H and O–H groups in total. The molecule has 5 nitrogen and oxygen atoms in total. The van der Waals surface area contributed by atoms with E-state index in [2.05, 4.69) is 5.32 Å². The molecule has 1 aromatic carbocycles. The summed E-state index contributed by atoms with van der Waals surface area (Å²) in [7, 11) is 0. The van der Waals surface area contributed by atoms with E-state index in [0.29, 0.717) is 28.1 Å². The van der Waals surface area contributed by atoms with Crippen molar-refractivity contribution in [3.63, 3.8) is 0 Å². The van der Waals surface area contributed by atoms with Crippen LogP contribution in [0.5, 0.6) is 0 Å². The normalized spacial score (nSPS) is 9.95. The number of amides is 1. The Morgan fingerprint density at radius 2 is 2.00 bits per heavy atom. The maximum Gasteiger partial charge on any atom is 0.341 e. The van der Waals surface area contributed by atoms with Crippen LogP contribution in [0.15, 0.2) is 30.3 Å². The van der Waals surface area contributed by atoms with Crippen molar-refractivity contribution < 1.29 is 19.1 Å². The van der Waals surface area contributed by atoms with E-state index in [0.717, 1.165) is 16.9 Å². The molecule has 0 aliphatic rings. The second-order valence-corrected chi connectivity index (χ2v) is 5.06. The van der Waals surface area contributed by atoms with Crippen LogP contribution >= 0.6 is 11.3 Å². The predicted molar refractivity (Wildman–Crippen MR) is 80.8 cm³/mol. The SMILES string of the molecule is CCOC(=O)c1c(NC=O)sc(C=O)c1-c1ccccc1. The highest BCUT2D eigenvalue weighted by Crippen LogP contribution is 2.39. The van der Waals surface area contributed by atoms with Gasteiger partial charge in [0, 0.05) is 5.56 Å². The lowest BCUT2D eigenvalue weighted by atomic mass is 10.0. The molecule has 0 atom stereocenters. The topological polar surface area (TPSA) is 72.5 Å². The molecule has 1 amide bonds. The van der Waals surface area contributed by atoms with Crippen LogP contribution < -0.4 is 5.32 Å². The number of thiophene rings is 1. The maximum absolute atomic E-state index is 12.2. The average molecular weight is 303 g/mol. The first-order valence-electron chi connectivity index (χ1n) is 6.27. The third kappa shape index (κ3) is 3.00. The van der Waals surface area contributed by atoms with Gasteiger partial charge in [-0.05, 0) is 12.5 Å². The standard InChI is InChI=1S/C15H13NO4S/c1-2-20-15(19)13-12(10-6-4-3-5-7-10)11(8-17)21-14(13)16-9-18/h3-9H,2H2,1H3,(H,16,18). The molecule has 0 aliphatic carbocycles. The van der Waals surface area contributed by atoms with Crippen LogP contribution in [-0.4, -0.2) is 25.3 Å². The van der Waals surface area contributed by atoms with Crippen LogP contribution in [0.1, 0.15) is 27.0 Å². The summed E-state index contributed by atoms with van der Waals surface area (Å²) in [5.74, 6) is -0.565. The van der Waals surface area contributed by atoms with Crippen LogP contribution in [0, 0.1) is 0 Å². The quantitative estimate of drug-likeness (QED) is 0.658. The Balaban J connectivity index is 2.67. The Labute approximate surface area is 125 Å². The lowest BCUT2D eigenvalue weighted by molar-refractivity contribution is -0.105. The molecule has 0 bridgehead atoms. The molecule has 108 valence electrons. The summed E-state index contributed by atoms with van der Waals surface area (Å²) in [5.41, 5.74) is 1.42. The van der Waals surface area contributed by atoms with Gasteiger partial charge < -0.3 is 10.1 Å². The highest BCUT2D eigenvalue weighted by atomic mass is 32.1. The van der Waals surface area contributed by atoms with Gasteiger partial charge in [0.15, 0.2) is 6.29 Å². The van der Waals surface area contributed by atoms with Crippen molar-refractivity contribution in [3.8, 4) is 11.1 Å². The van der Waals surface area contributed by atoms with Crippen LogP contribution in [0.2, 0.25) is 0 Å². The number of aldehydes is 1. The van der Waals surface area contributed by atoms with Crippen molar-refractivity contribution in [1.29, 1.82) is 0 Å². The van der Waals surface area contributed by atoms with Crippen LogP contribution in [0.25, 0.3) is 11.1 Å². The van der Waals surface area contributed by atoms with Crippen molar-refractivity contribution in [2.24, 2.45) is 0 Å². The van der Waals surface area contributed by atoms with Gasteiger partial charge in [0.05, 0.1) is 11.5 Å². The molecule has 2 rings (SSSR count). The zero-order chi connectivity index (χ0) is 15.2. The summed E-state index contributed by atoms with van der Waals surface area (Å²) in [5, 5.41) is 2.77. The van der Waals surface area contributed by atoms with Crippen LogP contribution in [0.4, 0.5) is 5.00 Å². The summed E-state index contributed by atoms with van der Waals surface area (Å²) in [6.45, 7) is 1.90. The molecule has 1 heterocycles. The molecular formula is C15H13NO4S. The summed E-state index contributed by atoms with van der Waals surface area (Å²) in [4.78, 5) is 34.5. The van der Waals surface area contributed by atoms with E-state index in [-0.39, 0.29) is 12.2 Å². The first-order valence-corrected chi connectivity index (χ1v) is 7.09. The molecule has 0 saturated carbocycles. The van der Waals surface area contributed by atoms with Gasteiger partial charge in [-0.15, -0.1) is 11.3 Å². The van der Waals surface area contributed by atoms with Gasteiger partial charge in [-0.2, -0.15) is 0 Å². The lowest BCUT2D eigenvalue weighted by Crippen LogP contribution is -2.08. The number of esters is 1. The number of carbonyl (C=O) groups is 3. The summed E-state index contributed by atoms with van der Waals surface area (Å²) in [6, 6.07) is 9.04. The molecule has 0 radical (unpaired) electrons. The van der Waals surface area contributed by atoms with Crippen molar-refractivity contribution in [2.75, 3.05) is 11.9 Å². The summed E-state index contributed by atoms with van der Waals surface area (Å²) >= 11 is 1.05. The van der Waals surface area contributed by atoms with E-state index < -0.39 is 5.97 Å². The number of anilines is 1. The van der Waals surface area contributed by atoms with Gasteiger partial charge in [0.25, 0.3) is 0 Å². The van der Waals surface area contributed by atoms with Crippen LogP contribution in [0.3, 0.4) is 0 Å². The number of benzene rings is 1. The molecule has 2 aromatic rings. The minimum absolute atomic E-state index is 0.208. The first kappa shape index (κ1) is 14.9.